The molecule has 0 unspecified atom stereocenters. The van der Waals surface area contributed by atoms with E-state index in [9.17, 15) is 19.7 Å². The van der Waals surface area contributed by atoms with Gasteiger partial charge in [-0.05, 0) is 36.8 Å². The van der Waals surface area contributed by atoms with Gasteiger partial charge in [0.2, 0.25) is 0 Å². The first kappa shape index (κ1) is 20.4. The van der Waals surface area contributed by atoms with Crippen molar-refractivity contribution in [2.75, 3.05) is 14.2 Å². The number of amides is 1. The van der Waals surface area contributed by atoms with Crippen LogP contribution in [0.3, 0.4) is 0 Å². The summed E-state index contributed by atoms with van der Waals surface area (Å²) < 4.78 is 14.5. The molecule has 10 nitrogen and oxygen atoms in total. The smallest absolute Gasteiger partial charge is 0.493 e. The van der Waals surface area contributed by atoms with Crippen LogP contribution in [-0.2, 0) is 4.74 Å². The van der Waals surface area contributed by atoms with E-state index in [1.54, 1.807) is 13.0 Å². The Morgan fingerprint density at radius 3 is 2.54 bits per heavy atom. The predicted molar refractivity (Wildman–Crippen MR) is 98.9 cm³/mol. The number of aryl methyl sites for hydroxylation is 1. The lowest BCUT2D eigenvalue weighted by Gasteiger charge is -2.08. The number of carbonyl (C=O) groups excluding carboxylic acids is 2. The summed E-state index contributed by atoms with van der Waals surface area (Å²) in [5.41, 5.74) is 3.24. The van der Waals surface area contributed by atoms with Crippen molar-refractivity contribution < 1.29 is 28.7 Å². The van der Waals surface area contributed by atoms with Crippen LogP contribution in [0, 0.1) is 17.0 Å². The van der Waals surface area contributed by atoms with Gasteiger partial charge in [0.1, 0.15) is 0 Å². The second kappa shape index (κ2) is 9.12. The molecule has 28 heavy (non-hydrogen) atoms. The number of rotatable bonds is 6. The van der Waals surface area contributed by atoms with Crippen LogP contribution in [-0.4, -0.2) is 37.4 Å². The highest BCUT2D eigenvalue weighted by atomic mass is 16.7. The molecule has 0 aliphatic heterocycles. The van der Waals surface area contributed by atoms with Gasteiger partial charge in [0.15, 0.2) is 11.5 Å². The maximum atomic E-state index is 12.1. The second-order valence-electron chi connectivity index (χ2n) is 5.42. The molecule has 2 aromatic rings. The molecule has 2 aromatic carbocycles. The third-order valence-corrected chi connectivity index (χ3v) is 3.60. The number of carbonyl (C=O) groups is 2. The minimum absolute atomic E-state index is 0.105. The van der Waals surface area contributed by atoms with Crippen molar-refractivity contribution in [3.8, 4) is 11.5 Å². The number of hydrogen-bond donors (Lipinski definition) is 1. The molecule has 0 aliphatic rings. The van der Waals surface area contributed by atoms with Gasteiger partial charge in [-0.1, -0.05) is 6.07 Å². The van der Waals surface area contributed by atoms with Crippen molar-refractivity contribution in [1.82, 2.24) is 5.43 Å². The lowest BCUT2D eigenvalue weighted by atomic mass is 10.1. The van der Waals surface area contributed by atoms with Crippen LogP contribution in [0.2, 0.25) is 0 Å². The van der Waals surface area contributed by atoms with Gasteiger partial charge in [-0.2, -0.15) is 5.10 Å². The number of methoxy groups -OCH3 is 2. The fraction of sp³-hybridized carbons (Fsp3) is 0.167. The van der Waals surface area contributed by atoms with E-state index in [1.807, 2.05) is 0 Å². The first-order chi connectivity index (χ1) is 13.3. The van der Waals surface area contributed by atoms with Gasteiger partial charge in [0.05, 0.1) is 25.4 Å². The zero-order chi connectivity index (χ0) is 20.7. The van der Waals surface area contributed by atoms with E-state index < -0.39 is 17.0 Å². The van der Waals surface area contributed by atoms with Crippen molar-refractivity contribution in [3.63, 3.8) is 0 Å². The molecular formula is C18H17N3O7. The first-order valence-electron chi connectivity index (χ1n) is 7.88. The summed E-state index contributed by atoms with van der Waals surface area (Å²) in [6.45, 7) is 1.58. The number of hydrogen-bond acceptors (Lipinski definition) is 8. The molecule has 0 spiro atoms. The van der Waals surface area contributed by atoms with Gasteiger partial charge in [0, 0.05) is 17.2 Å². The Kier molecular flexibility index (Phi) is 6.63. The monoisotopic (exact) mass is 387 g/mol. The molecule has 0 saturated heterocycles. The van der Waals surface area contributed by atoms with Gasteiger partial charge in [-0.25, -0.2) is 10.2 Å². The molecule has 1 N–H and O–H groups in total. The summed E-state index contributed by atoms with van der Waals surface area (Å²) in [7, 11) is 2.58. The van der Waals surface area contributed by atoms with Gasteiger partial charge >= 0.3 is 6.16 Å². The topological polar surface area (TPSA) is 129 Å². The highest BCUT2D eigenvalue weighted by Crippen LogP contribution is 2.27. The van der Waals surface area contributed by atoms with Crippen LogP contribution in [0.4, 0.5) is 10.5 Å². The molecule has 0 aromatic heterocycles. The number of ether oxygens (including phenoxy) is 3. The van der Waals surface area contributed by atoms with Crippen molar-refractivity contribution in [1.29, 1.82) is 0 Å². The lowest BCUT2D eigenvalue weighted by molar-refractivity contribution is -0.385. The summed E-state index contributed by atoms with van der Waals surface area (Å²) in [5.74, 6) is -0.186. The lowest BCUT2D eigenvalue weighted by Crippen LogP contribution is -2.17. The van der Waals surface area contributed by atoms with Gasteiger partial charge < -0.3 is 14.2 Å². The highest BCUT2D eigenvalue weighted by Gasteiger charge is 2.14. The summed E-state index contributed by atoms with van der Waals surface area (Å²) in [5, 5.41) is 14.8. The Balaban J connectivity index is 2.10. The third-order valence-electron chi connectivity index (χ3n) is 3.60. The van der Waals surface area contributed by atoms with E-state index in [-0.39, 0.29) is 22.7 Å². The van der Waals surface area contributed by atoms with E-state index in [0.29, 0.717) is 11.1 Å². The molecule has 1 amide bonds. The average molecular weight is 387 g/mol. The molecule has 10 heteroatoms. The molecule has 146 valence electrons. The number of nitrogens with one attached hydrogen (secondary N) is 1. The number of hydrazone groups is 1. The van der Waals surface area contributed by atoms with E-state index in [4.69, 9.17) is 9.47 Å². The Bertz CT molecular complexity index is 941. The van der Waals surface area contributed by atoms with Crippen molar-refractivity contribution >= 4 is 24.0 Å². The normalized spacial score (nSPS) is 10.4. The molecule has 0 atom stereocenters. The maximum absolute atomic E-state index is 12.1. The zero-order valence-corrected chi connectivity index (χ0v) is 15.3. The molecule has 2 rings (SSSR count). The molecular weight excluding hydrogens is 370 g/mol. The maximum Gasteiger partial charge on any atom is 0.513 e. The largest absolute Gasteiger partial charge is 0.513 e. The Morgan fingerprint density at radius 2 is 1.89 bits per heavy atom. The van der Waals surface area contributed by atoms with Crippen molar-refractivity contribution in [2.24, 2.45) is 5.10 Å². The molecule has 0 aliphatic carbocycles. The molecule has 0 radical (unpaired) electrons. The van der Waals surface area contributed by atoms with Crippen molar-refractivity contribution in [2.45, 2.75) is 6.92 Å². The second-order valence-corrected chi connectivity index (χ2v) is 5.42. The molecule has 0 fully saturated rings. The van der Waals surface area contributed by atoms with Crippen molar-refractivity contribution in [3.05, 3.63) is 63.2 Å². The fourth-order valence-corrected chi connectivity index (χ4v) is 2.16. The van der Waals surface area contributed by atoms with Crippen LogP contribution in [0.1, 0.15) is 21.5 Å². The minimum atomic E-state index is -0.890. The Hall–Kier alpha value is -3.95. The quantitative estimate of drug-likeness (QED) is 0.265. The fourth-order valence-electron chi connectivity index (χ4n) is 2.16. The average Bonchev–Trinajstić information content (AvgIpc) is 2.68. The molecule has 0 heterocycles. The van der Waals surface area contributed by atoms with Crippen LogP contribution in [0.15, 0.2) is 41.5 Å². The molecule has 0 saturated carbocycles. The first-order valence-corrected chi connectivity index (χ1v) is 7.88. The zero-order valence-electron chi connectivity index (χ0n) is 15.3. The standard InChI is InChI=1S/C18H17N3O7/c1-11-4-6-13(9-14(11)21(24)25)17(22)20-19-10-12-5-7-15(16(8-12)26-2)28-18(23)27-3/h4-10H,1-3H3,(H,20,22)/b19-10-. The van der Waals surface area contributed by atoms with Gasteiger partial charge in [-0.3, -0.25) is 14.9 Å². The summed E-state index contributed by atoms with van der Waals surface area (Å²) in [6.07, 6.45) is 0.449. The Morgan fingerprint density at radius 1 is 1.14 bits per heavy atom. The Labute approximate surface area is 159 Å². The number of nitro groups is 1. The summed E-state index contributed by atoms with van der Waals surface area (Å²) >= 11 is 0. The van der Waals surface area contributed by atoms with Gasteiger partial charge in [0.25, 0.3) is 11.6 Å². The predicted octanol–water partition coefficient (Wildman–Crippen LogP) is 2.82. The number of benzene rings is 2. The molecule has 0 bridgehead atoms. The van der Waals surface area contributed by atoms with E-state index in [1.165, 1.54) is 50.8 Å². The van der Waals surface area contributed by atoms with Gasteiger partial charge in [-0.15, -0.1) is 0 Å². The summed E-state index contributed by atoms with van der Waals surface area (Å²) in [4.78, 5) is 33.7. The van der Waals surface area contributed by atoms with E-state index >= 15 is 0 Å². The summed E-state index contributed by atoms with van der Waals surface area (Å²) in [6, 6.07) is 8.72. The third kappa shape index (κ3) is 5.04. The van der Waals surface area contributed by atoms with E-state index in [0.717, 1.165) is 0 Å². The highest BCUT2D eigenvalue weighted by molar-refractivity contribution is 5.95. The SMILES string of the molecule is COC(=O)Oc1ccc(/C=N\NC(=O)c2ccc(C)c([N+](=O)[O-])c2)cc1OC. The number of nitro benzene ring substituents is 1. The minimum Gasteiger partial charge on any atom is -0.493 e. The number of nitrogens with zero attached hydrogens (tertiary/aromatic N) is 2. The van der Waals surface area contributed by atoms with Crippen LogP contribution in [0.25, 0.3) is 0 Å². The van der Waals surface area contributed by atoms with Crippen LogP contribution in [0.5, 0.6) is 11.5 Å². The van der Waals surface area contributed by atoms with Crippen LogP contribution < -0.4 is 14.9 Å². The van der Waals surface area contributed by atoms with E-state index in [2.05, 4.69) is 15.3 Å². The van der Waals surface area contributed by atoms with Crippen LogP contribution >= 0.6 is 0 Å².